The summed E-state index contributed by atoms with van der Waals surface area (Å²) < 4.78 is 2.16. The van der Waals surface area contributed by atoms with E-state index in [4.69, 9.17) is 11.6 Å². The molecule has 4 rings (SSSR count). The first-order valence-electron chi connectivity index (χ1n) is 9.58. The smallest absolute Gasteiger partial charge is 0.339 e. The van der Waals surface area contributed by atoms with Gasteiger partial charge in [0.1, 0.15) is 0 Å². The molecule has 150 valence electrons. The summed E-state index contributed by atoms with van der Waals surface area (Å²) in [5.74, 6) is 0. The zero-order valence-electron chi connectivity index (χ0n) is 16.5. The van der Waals surface area contributed by atoms with Crippen LogP contribution >= 0.6 is 11.6 Å². The molecule has 3 aromatic carbocycles. The Morgan fingerprint density at radius 1 is 1.03 bits per heavy atom. The SMILES string of the molecule is Cc1ccccc1NC(=O)NN=Cc1cn(Cc2ccc(Cl)cc2)c2ccccc12. The van der Waals surface area contributed by atoms with Gasteiger partial charge >= 0.3 is 6.03 Å². The maximum Gasteiger partial charge on any atom is 0.339 e. The first kappa shape index (κ1) is 19.7. The van der Waals surface area contributed by atoms with Crippen LogP contribution < -0.4 is 10.7 Å². The molecule has 30 heavy (non-hydrogen) atoms. The Kier molecular flexibility index (Phi) is 5.82. The number of nitrogens with one attached hydrogen (secondary N) is 2. The quantitative estimate of drug-likeness (QED) is 0.313. The number of rotatable bonds is 5. The minimum atomic E-state index is -0.384. The van der Waals surface area contributed by atoms with Gasteiger partial charge in [-0.05, 0) is 42.3 Å². The van der Waals surface area contributed by atoms with Gasteiger partial charge in [0, 0.05) is 39.9 Å². The second-order valence-corrected chi connectivity index (χ2v) is 7.43. The monoisotopic (exact) mass is 416 g/mol. The maximum atomic E-state index is 12.1. The summed E-state index contributed by atoms with van der Waals surface area (Å²) in [7, 11) is 0. The van der Waals surface area contributed by atoms with Gasteiger partial charge in [-0.2, -0.15) is 5.10 Å². The second kappa shape index (κ2) is 8.84. The molecule has 0 saturated heterocycles. The molecule has 4 aromatic rings. The van der Waals surface area contributed by atoms with Crippen molar-refractivity contribution >= 4 is 40.4 Å². The van der Waals surface area contributed by atoms with Crippen LogP contribution in [0.3, 0.4) is 0 Å². The standard InChI is InChI=1S/C24H21ClN4O/c1-17-6-2-4-8-22(17)27-24(30)28-26-14-19-16-29(23-9-5-3-7-21(19)23)15-18-10-12-20(25)13-11-18/h2-14,16H,15H2,1H3,(H2,27,28,30). The van der Waals surface area contributed by atoms with E-state index in [1.54, 1.807) is 6.21 Å². The van der Waals surface area contributed by atoms with Crippen molar-refractivity contribution in [2.45, 2.75) is 13.5 Å². The third-order valence-corrected chi connectivity index (χ3v) is 5.10. The highest BCUT2D eigenvalue weighted by molar-refractivity contribution is 6.30. The third kappa shape index (κ3) is 4.53. The number of fused-ring (bicyclic) bond motifs is 1. The van der Waals surface area contributed by atoms with Gasteiger partial charge in [0.05, 0.1) is 6.21 Å². The van der Waals surface area contributed by atoms with E-state index in [1.165, 1.54) is 0 Å². The van der Waals surface area contributed by atoms with Crippen molar-refractivity contribution in [2.24, 2.45) is 5.10 Å². The van der Waals surface area contributed by atoms with Gasteiger partial charge in [-0.25, -0.2) is 10.2 Å². The molecule has 0 saturated carbocycles. The number of benzene rings is 3. The number of hydrazone groups is 1. The van der Waals surface area contributed by atoms with Crippen LogP contribution in [-0.4, -0.2) is 16.8 Å². The summed E-state index contributed by atoms with van der Waals surface area (Å²) in [5.41, 5.74) is 7.45. The summed E-state index contributed by atoms with van der Waals surface area (Å²) in [4.78, 5) is 12.1. The van der Waals surface area contributed by atoms with Gasteiger partial charge in [-0.3, -0.25) is 0 Å². The number of anilines is 1. The van der Waals surface area contributed by atoms with Crippen molar-refractivity contribution in [3.05, 3.63) is 101 Å². The van der Waals surface area contributed by atoms with E-state index in [1.807, 2.05) is 79.9 Å². The minimum absolute atomic E-state index is 0.384. The van der Waals surface area contributed by atoms with E-state index in [2.05, 4.69) is 26.5 Å². The topological polar surface area (TPSA) is 58.4 Å². The summed E-state index contributed by atoms with van der Waals surface area (Å²) in [6.07, 6.45) is 3.70. The summed E-state index contributed by atoms with van der Waals surface area (Å²) in [6, 6.07) is 23.1. The number of hydrogen-bond acceptors (Lipinski definition) is 2. The molecule has 1 heterocycles. The first-order valence-corrected chi connectivity index (χ1v) is 9.96. The lowest BCUT2D eigenvalue weighted by molar-refractivity contribution is 0.252. The molecule has 0 bridgehead atoms. The van der Waals surface area contributed by atoms with Crippen LogP contribution in [0.1, 0.15) is 16.7 Å². The van der Waals surface area contributed by atoms with Crippen molar-refractivity contribution in [1.29, 1.82) is 0 Å². The normalized spacial score (nSPS) is 11.1. The highest BCUT2D eigenvalue weighted by Crippen LogP contribution is 2.22. The molecule has 6 heteroatoms. The second-order valence-electron chi connectivity index (χ2n) is 7.00. The molecule has 2 amide bonds. The van der Waals surface area contributed by atoms with E-state index in [0.29, 0.717) is 6.54 Å². The van der Waals surface area contributed by atoms with E-state index >= 15 is 0 Å². The number of aromatic nitrogens is 1. The molecule has 0 aliphatic carbocycles. The number of para-hydroxylation sites is 2. The molecular weight excluding hydrogens is 396 g/mol. The largest absolute Gasteiger partial charge is 0.342 e. The number of nitrogens with zero attached hydrogens (tertiary/aromatic N) is 2. The lowest BCUT2D eigenvalue weighted by atomic mass is 10.2. The summed E-state index contributed by atoms with van der Waals surface area (Å²) in [6.45, 7) is 2.65. The molecular formula is C24H21ClN4O. The first-order chi connectivity index (χ1) is 14.6. The zero-order valence-corrected chi connectivity index (χ0v) is 17.2. The molecule has 0 atom stereocenters. The number of hydrogen-bond donors (Lipinski definition) is 2. The van der Waals surface area contributed by atoms with E-state index in [0.717, 1.165) is 38.3 Å². The van der Waals surface area contributed by atoms with Crippen molar-refractivity contribution in [3.8, 4) is 0 Å². The van der Waals surface area contributed by atoms with Gasteiger partial charge < -0.3 is 9.88 Å². The Balaban J connectivity index is 1.50. The number of aryl methyl sites for hydroxylation is 1. The number of urea groups is 1. The number of halogens is 1. The van der Waals surface area contributed by atoms with E-state index in [-0.39, 0.29) is 6.03 Å². The van der Waals surface area contributed by atoms with Crippen LogP contribution in [0.25, 0.3) is 10.9 Å². The Morgan fingerprint density at radius 2 is 1.77 bits per heavy atom. The predicted octanol–water partition coefficient (Wildman–Crippen LogP) is 5.81. The number of amides is 2. The molecule has 0 radical (unpaired) electrons. The highest BCUT2D eigenvalue weighted by Gasteiger charge is 2.08. The highest BCUT2D eigenvalue weighted by atomic mass is 35.5. The minimum Gasteiger partial charge on any atom is -0.342 e. The van der Waals surface area contributed by atoms with Crippen LogP contribution in [0.15, 0.2) is 84.1 Å². The Morgan fingerprint density at radius 3 is 2.57 bits per heavy atom. The molecule has 1 aromatic heterocycles. The fourth-order valence-corrected chi connectivity index (χ4v) is 3.45. The van der Waals surface area contributed by atoms with E-state index < -0.39 is 0 Å². The molecule has 5 nitrogen and oxygen atoms in total. The van der Waals surface area contributed by atoms with Crippen molar-refractivity contribution < 1.29 is 4.79 Å². The lowest BCUT2D eigenvalue weighted by Gasteiger charge is -2.06. The molecule has 0 fully saturated rings. The fraction of sp³-hybridized carbons (Fsp3) is 0.0833. The molecule has 2 N–H and O–H groups in total. The predicted molar refractivity (Wildman–Crippen MR) is 123 cm³/mol. The third-order valence-electron chi connectivity index (χ3n) is 4.85. The molecule has 0 aliphatic heterocycles. The van der Waals surface area contributed by atoms with Gasteiger partial charge in [0.25, 0.3) is 0 Å². The molecule has 0 spiro atoms. The van der Waals surface area contributed by atoms with Crippen molar-refractivity contribution in [2.75, 3.05) is 5.32 Å². The average Bonchev–Trinajstić information content (AvgIpc) is 3.09. The van der Waals surface area contributed by atoms with Gasteiger partial charge in [-0.1, -0.05) is 60.1 Å². The van der Waals surface area contributed by atoms with Crippen LogP contribution in [-0.2, 0) is 6.54 Å². The lowest BCUT2D eigenvalue weighted by Crippen LogP contribution is -2.24. The fourth-order valence-electron chi connectivity index (χ4n) is 3.32. The number of carbonyl (C=O) groups excluding carboxylic acids is 1. The zero-order chi connectivity index (χ0) is 20.9. The van der Waals surface area contributed by atoms with Crippen LogP contribution in [0.5, 0.6) is 0 Å². The Bertz CT molecular complexity index is 1210. The van der Waals surface area contributed by atoms with Crippen LogP contribution in [0, 0.1) is 6.92 Å². The van der Waals surface area contributed by atoms with Crippen molar-refractivity contribution in [3.63, 3.8) is 0 Å². The van der Waals surface area contributed by atoms with Crippen LogP contribution in [0.4, 0.5) is 10.5 Å². The van der Waals surface area contributed by atoms with Gasteiger partial charge in [0.2, 0.25) is 0 Å². The number of carbonyl (C=O) groups is 1. The Labute approximate surface area is 180 Å². The summed E-state index contributed by atoms with van der Waals surface area (Å²) >= 11 is 5.99. The molecule has 0 aliphatic rings. The Hall–Kier alpha value is -3.57. The van der Waals surface area contributed by atoms with Gasteiger partial charge in [-0.15, -0.1) is 0 Å². The summed E-state index contributed by atoms with van der Waals surface area (Å²) in [5, 5.41) is 8.72. The maximum absolute atomic E-state index is 12.1. The van der Waals surface area contributed by atoms with Gasteiger partial charge in [0.15, 0.2) is 0 Å². The van der Waals surface area contributed by atoms with Crippen LogP contribution in [0.2, 0.25) is 5.02 Å². The van der Waals surface area contributed by atoms with E-state index in [9.17, 15) is 4.79 Å². The average molecular weight is 417 g/mol. The van der Waals surface area contributed by atoms with Crippen molar-refractivity contribution in [1.82, 2.24) is 9.99 Å². The molecule has 0 unspecified atom stereocenters.